The van der Waals surface area contributed by atoms with Gasteiger partial charge in [0.2, 0.25) is 0 Å². The predicted octanol–water partition coefficient (Wildman–Crippen LogP) is -3.90. The molecule has 11 heteroatoms. The zero-order valence-corrected chi connectivity index (χ0v) is 14.9. The van der Waals surface area contributed by atoms with E-state index in [1.165, 1.54) is 0 Å². The minimum atomic E-state index is -1.56. The second-order valence-corrected chi connectivity index (χ2v) is 6.91. The lowest BCUT2D eigenvalue weighted by atomic mass is 9.85. The Balaban J connectivity index is 1.85. The van der Waals surface area contributed by atoms with Crippen molar-refractivity contribution in [3.05, 3.63) is 0 Å². The molecule has 0 aliphatic carbocycles. The highest BCUT2D eigenvalue weighted by Gasteiger charge is 2.57. The van der Waals surface area contributed by atoms with Crippen molar-refractivity contribution >= 4 is 0 Å². The van der Waals surface area contributed by atoms with Gasteiger partial charge in [0.25, 0.3) is 0 Å². The molecule has 0 aromatic heterocycles. The molecule has 3 rings (SSSR count). The molecule has 0 amide bonds. The van der Waals surface area contributed by atoms with Crippen molar-refractivity contribution in [2.24, 2.45) is 0 Å². The zero-order valence-electron chi connectivity index (χ0n) is 14.9. The largest absolute Gasteiger partial charge is 0.394 e. The summed E-state index contributed by atoms with van der Waals surface area (Å²) >= 11 is 0. The van der Waals surface area contributed by atoms with E-state index in [1.54, 1.807) is 6.92 Å². The normalized spacial score (nSPS) is 51.0. The molecule has 0 saturated carbocycles. The van der Waals surface area contributed by atoms with Gasteiger partial charge < -0.3 is 54.3 Å². The summed E-state index contributed by atoms with van der Waals surface area (Å²) in [6.45, 7) is 0.788. The lowest BCUT2D eigenvalue weighted by Gasteiger charge is -2.52. The first-order chi connectivity index (χ1) is 12.9. The third kappa shape index (κ3) is 3.87. The van der Waals surface area contributed by atoms with E-state index < -0.39 is 80.4 Å². The maximum Gasteiger partial charge on any atom is 0.148 e. The summed E-state index contributed by atoms with van der Waals surface area (Å²) in [5.41, 5.74) is 0. The van der Waals surface area contributed by atoms with Crippen molar-refractivity contribution in [1.29, 1.82) is 0 Å². The molecule has 6 N–H and O–H groups in total. The third-order valence-corrected chi connectivity index (χ3v) is 5.33. The molecule has 0 aromatic rings. The first-order valence-electron chi connectivity index (χ1n) is 9.04. The van der Waals surface area contributed by atoms with Gasteiger partial charge in [0, 0.05) is 6.61 Å². The van der Waals surface area contributed by atoms with Gasteiger partial charge in [-0.2, -0.15) is 0 Å². The van der Waals surface area contributed by atoms with Crippen LogP contribution in [-0.2, 0) is 23.7 Å². The molecule has 3 fully saturated rings. The van der Waals surface area contributed by atoms with Gasteiger partial charge in [-0.3, -0.25) is 0 Å². The van der Waals surface area contributed by atoms with Gasteiger partial charge in [0.1, 0.15) is 73.9 Å². The first kappa shape index (κ1) is 21.3. The Morgan fingerprint density at radius 2 is 1.33 bits per heavy atom. The second-order valence-electron chi connectivity index (χ2n) is 6.91. The molecule has 0 aromatic carbocycles. The van der Waals surface area contributed by atoms with Crippen molar-refractivity contribution < 1.29 is 54.3 Å². The molecule has 0 radical (unpaired) electrons. The fourth-order valence-corrected chi connectivity index (χ4v) is 3.92. The van der Waals surface area contributed by atoms with E-state index in [0.717, 1.165) is 0 Å². The fraction of sp³-hybridized carbons (Fsp3) is 1.00. The minimum Gasteiger partial charge on any atom is -0.394 e. The predicted molar refractivity (Wildman–Crippen MR) is 85.5 cm³/mol. The summed E-state index contributed by atoms with van der Waals surface area (Å²) in [6, 6.07) is 0. The summed E-state index contributed by atoms with van der Waals surface area (Å²) in [6.07, 6.45) is -12.3. The lowest BCUT2D eigenvalue weighted by molar-refractivity contribution is -0.352. The van der Waals surface area contributed by atoms with Gasteiger partial charge in [-0.15, -0.1) is 0 Å². The second kappa shape index (κ2) is 8.93. The van der Waals surface area contributed by atoms with Crippen LogP contribution in [0.3, 0.4) is 0 Å². The molecular formula is C16H28O11. The number of aliphatic hydroxyl groups excluding tert-OH is 6. The van der Waals surface area contributed by atoms with Crippen molar-refractivity contribution in [3.63, 3.8) is 0 Å². The highest BCUT2D eigenvalue weighted by molar-refractivity contribution is 5.04. The van der Waals surface area contributed by atoms with Crippen molar-refractivity contribution in [3.8, 4) is 0 Å². The molecule has 3 aliphatic heterocycles. The minimum absolute atomic E-state index is 0.204. The Morgan fingerprint density at radius 3 is 1.96 bits per heavy atom. The van der Waals surface area contributed by atoms with E-state index in [0.29, 0.717) is 0 Å². The van der Waals surface area contributed by atoms with Crippen LogP contribution in [0.5, 0.6) is 0 Å². The number of hydrogen-bond donors (Lipinski definition) is 6. The topological polar surface area (TPSA) is 168 Å². The van der Waals surface area contributed by atoms with E-state index in [9.17, 15) is 30.6 Å². The molecule has 3 heterocycles. The molecule has 158 valence electrons. The van der Waals surface area contributed by atoms with Crippen LogP contribution in [0.25, 0.3) is 0 Å². The van der Waals surface area contributed by atoms with Crippen LogP contribution >= 0.6 is 0 Å². The molecule has 27 heavy (non-hydrogen) atoms. The van der Waals surface area contributed by atoms with Crippen LogP contribution in [0, 0.1) is 0 Å². The quantitative estimate of drug-likeness (QED) is 0.269. The van der Waals surface area contributed by atoms with Gasteiger partial charge in [0.05, 0.1) is 13.2 Å². The Bertz CT molecular complexity index is 477. The first-order valence-corrected chi connectivity index (χ1v) is 9.04. The maximum atomic E-state index is 10.4. The van der Waals surface area contributed by atoms with Gasteiger partial charge >= 0.3 is 0 Å². The zero-order chi connectivity index (χ0) is 19.7. The van der Waals surface area contributed by atoms with E-state index >= 15 is 0 Å². The summed E-state index contributed by atoms with van der Waals surface area (Å²) < 4.78 is 28.0. The molecule has 6 unspecified atom stereocenters. The Hall–Kier alpha value is -0.440. The number of fused-ring (bicyclic) bond motifs is 1. The summed E-state index contributed by atoms with van der Waals surface area (Å²) in [5, 5.41) is 59.7. The third-order valence-electron chi connectivity index (χ3n) is 5.33. The molecule has 11 atom stereocenters. The highest BCUT2D eigenvalue weighted by atomic mass is 16.7. The summed E-state index contributed by atoms with van der Waals surface area (Å²) in [4.78, 5) is 0. The average Bonchev–Trinajstić information content (AvgIpc) is 2.68. The van der Waals surface area contributed by atoms with Crippen LogP contribution in [0.4, 0.5) is 0 Å². The molecule has 0 spiro atoms. The molecule has 11 nitrogen and oxygen atoms in total. The Labute approximate surface area is 156 Å². The Morgan fingerprint density at radius 1 is 0.741 bits per heavy atom. The van der Waals surface area contributed by atoms with Crippen molar-refractivity contribution in [2.45, 2.75) is 74.1 Å². The van der Waals surface area contributed by atoms with Crippen LogP contribution < -0.4 is 0 Å². The van der Waals surface area contributed by atoms with E-state index in [-0.39, 0.29) is 13.4 Å². The number of rotatable bonds is 5. The smallest absolute Gasteiger partial charge is 0.148 e. The van der Waals surface area contributed by atoms with E-state index in [1.807, 2.05) is 0 Å². The lowest BCUT2D eigenvalue weighted by Crippen LogP contribution is -2.70. The van der Waals surface area contributed by atoms with Gasteiger partial charge in [-0.1, -0.05) is 0 Å². The average molecular weight is 396 g/mol. The highest BCUT2D eigenvalue weighted by Crippen LogP contribution is 2.36. The monoisotopic (exact) mass is 396 g/mol. The molecule has 3 saturated heterocycles. The van der Waals surface area contributed by atoms with Crippen molar-refractivity contribution in [2.75, 3.05) is 26.6 Å². The fourth-order valence-electron chi connectivity index (χ4n) is 3.92. The van der Waals surface area contributed by atoms with Gasteiger partial charge in [-0.25, -0.2) is 0 Å². The van der Waals surface area contributed by atoms with Crippen LogP contribution in [0.1, 0.15) is 6.92 Å². The van der Waals surface area contributed by atoms with Crippen LogP contribution in [-0.4, -0.2) is 124 Å². The molecule has 3 aliphatic rings. The van der Waals surface area contributed by atoms with Gasteiger partial charge in [0.15, 0.2) is 0 Å². The summed E-state index contributed by atoms with van der Waals surface area (Å²) in [7, 11) is 0. The molecule has 0 bridgehead atoms. The SMILES string of the molecule is CCOC1C(O)C(CO)OC2C1OCOC2[C@H]1O[C@H](CO)[C@@H](O)[C@H](O)[C@@H]1O. The summed E-state index contributed by atoms with van der Waals surface area (Å²) in [5.74, 6) is 0. The maximum absolute atomic E-state index is 10.4. The number of aliphatic hydroxyl groups is 6. The van der Waals surface area contributed by atoms with Gasteiger partial charge in [-0.05, 0) is 6.92 Å². The molecular weight excluding hydrogens is 368 g/mol. The number of ether oxygens (including phenoxy) is 5. The number of hydrogen-bond acceptors (Lipinski definition) is 11. The van der Waals surface area contributed by atoms with Crippen LogP contribution in [0.2, 0.25) is 0 Å². The van der Waals surface area contributed by atoms with E-state index in [2.05, 4.69) is 0 Å². The van der Waals surface area contributed by atoms with E-state index in [4.69, 9.17) is 23.7 Å². The standard InChI is InChI=1S/C16H28O11/c1-2-23-12-9(20)7(4-18)27-16-14(12)24-5-25-15(16)13-11(22)10(21)8(19)6(3-17)26-13/h6-22H,2-5H2,1H3/t6-,7?,8-,9?,10+,11+,12?,13+,14?,15?,16?/m1/s1. The van der Waals surface area contributed by atoms with Crippen LogP contribution in [0.15, 0.2) is 0 Å². The van der Waals surface area contributed by atoms with Crippen molar-refractivity contribution in [1.82, 2.24) is 0 Å². The Kier molecular flexibility index (Phi) is 7.03.